The average Bonchev–Trinajstić information content (AvgIpc) is 3.36. The monoisotopic (exact) mass is 338 g/mol. The number of aliphatic imine (C=N–C) groups is 1. The molecule has 0 aliphatic heterocycles. The molecule has 0 radical (unpaired) electrons. The molecule has 0 aromatic heterocycles. The number of rotatable bonds is 8. The average molecular weight is 338 g/mol. The molecule has 0 aromatic carbocycles. The molecule has 2 aliphatic carbocycles. The van der Waals surface area contributed by atoms with Crippen LogP contribution in [-0.4, -0.2) is 63.7 Å². The number of methoxy groups -OCH3 is 1. The van der Waals surface area contributed by atoms with Gasteiger partial charge in [0.05, 0.1) is 0 Å². The van der Waals surface area contributed by atoms with Crippen LogP contribution in [0.4, 0.5) is 0 Å². The van der Waals surface area contributed by atoms with Gasteiger partial charge in [-0.25, -0.2) is 4.99 Å². The lowest BCUT2D eigenvalue weighted by Gasteiger charge is -2.26. The topological polar surface area (TPSA) is 66.0 Å². The van der Waals surface area contributed by atoms with Gasteiger partial charge < -0.3 is 20.3 Å². The van der Waals surface area contributed by atoms with Crippen molar-refractivity contribution in [3.05, 3.63) is 0 Å². The molecule has 2 fully saturated rings. The third-order valence-electron chi connectivity index (χ3n) is 5.24. The van der Waals surface area contributed by atoms with E-state index in [4.69, 9.17) is 4.74 Å². The van der Waals surface area contributed by atoms with Gasteiger partial charge in [-0.3, -0.25) is 4.79 Å². The fourth-order valence-corrected chi connectivity index (χ4v) is 3.16. The van der Waals surface area contributed by atoms with Gasteiger partial charge >= 0.3 is 0 Å². The van der Waals surface area contributed by atoms with Crippen LogP contribution in [0.2, 0.25) is 0 Å². The van der Waals surface area contributed by atoms with Crippen LogP contribution in [0.1, 0.15) is 51.4 Å². The number of amides is 1. The zero-order valence-electron chi connectivity index (χ0n) is 15.6. The highest BCUT2D eigenvalue weighted by atomic mass is 16.5. The van der Waals surface area contributed by atoms with E-state index in [0.717, 1.165) is 25.5 Å². The Labute approximate surface area is 146 Å². The first-order chi connectivity index (χ1) is 11.5. The summed E-state index contributed by atoms with van der Waals surface area (Å²) in [5, 5.41) is 7.03. The van der Waals surface area contributed by atoms with Gasteiger partial charge in [-0.05, 0) is 37.5 Å². The van der Waals surface area contributed by atoms with Crippen LogP contribution in [0.15, 0.2) is 4.99 Å². The summed E-state index contributed by atoms with van der Waals surface area (Å²) < 4.78 is 5.23. The summed E-state index contributed by atoms with van der Waals surface area (Å²) in [5.74, 6) is 0.820. The van der Waals surface area contributed by atoms with Crippen molar-refractivity contribution >= 4 is 11.9 Å². The van der Waals surface area contributed by atoms with E-state index in [1.54, 1.807) is 26.1 Å². The van der Waals surface area contributed by atoms with E-state index in [9.17, 15) is 4.79 Å². The van der Waals surface area contributed by atoms with Crippen LogP contribution in [-0.2, 0) is 9.53 Å². The summed E-state index contributed by atoms with van der Waals surface area (Å²) >= 11 is 0. The molecule has 2 aliphatic rings. The molecule has 24 heavy (non-hydrogen) atoms. The molecule has 0 bridgehead atoms. The number of carbonyl (C=O) groups is 1. The van der Waals surface area contributed by atoms with Gasteiger partial charge in [-0.15, -0.1) is 0 Å². The normalized spacial score (nSPS) is 20.5. The first-order valence-electron chi connectivity index (χ1n) is 9.29. The Hall–Kier alpha value is -1.30. The molecule has 2 rings (SSSR count). The lowest BCUT2D eigenvalue weighted by Crippen LogP contribution is -2.46. The van der Waals surface area contributed by atoms with Crippen LogP contribution < -0.4 is 10.6 Å². The van der Waals surface area contributed by atoms with Crippen molar-refractivity contribution < 1.29 is 9.53 Å². The molecule has 0 spiro atoms. The molecular weight excluding hydrogens is 304 g/mol. The van der Waals surface area contributed by atoms with Crippen molar-refractivity contribution in [2.45, 2.75) is 57.4 Å². The highest BCUT2D eigenvalue weighted by Gasteiger charge is 2.42. The molecule has 0 aromatic rings. The summed E-state index contributed by atoms with van der Waals surface area (Å²) in [7, 11) is 5.29. The zero-order valence-corrected chi connectivity index (χ0v) is 15.6. The van der Waals surface area contributed by atoms with Crippen molar-refractivity contribution in [1.29, 1.82) is 0 Å². The summed E-state index contributed by atoms with van der Waals surface area (Å²) in [4.78, 5) is 17.9. The van der Waals surface area contributed by atoms with Gasteiger partial charge in [0.15, 0.2) is 5.96 Å². The van der Waals surface area contributed by atoms with Crippen LogP contribution >= 0.6 is 0 Å². The van der Waals surface area contributed by atoms with Crippen molar-refractivity contribution in [2.24, 2.45) is 10.4 Å². The summed E-state index contributed by atoms with van der Waals surface area (Å²) in [6, 6.07) is 0.480. The SMILES string of the molecule is COCCC1(CNC(=NCC(=O)N(C)C)NC2CCCCC2)CC1. The number of nitrogens with one attached hydrogen (secondary N) is 2. The highest BCUT2D eigenvalue weighted by Crippen LogP contribution is 2.48. The quantitative estimate of drug-likeness (QED) is 0.523. The molecule has 2 N–H and O–H groups in total. The first-order valence-corrected chi connectivity index (χ1v) is 9.29. The number of nitrogens with zero attached hydrogens (tertiary/aromatic N) is 2. The lowest BCUT2D eigenvalue weighted by atomic mass is 9.96. The van der Waals surface area contributed by atoms with Crippen molar-refractivity contribution in [3.8, 4) is 0 Å². The number of guanidine groups is 1. The van der Waals surface area contributed by atoms with Crippen molar-refractivity contribution in [3.63, 3.8) is 0 Å². The minimum atomic E-state index is 0.0280. The minimum absolute atomic E-state index is 0.0280. The molecule has 6 nitrogen and oxygen atoms in total. The Morgan fingerprint density at radius 3 is 2.54 bits per heavy atom. The zero-order chi connectivity index (χ0) is 17.4. The molecule has 0 saturated heterocycles. The van der Waals surface area contributed by atoms with Crippen LogP contribution in [0.25, 0.3) is 0 Å². The second-order valence-electron chi connectivity index (χ2n) is 7.53. The van der Waals surface area contributed by atoms with Crippen LogP contribution in [0.3, 0.4) is 0 Å². The minimum Gasteiger partial charge on any atom is -0.385 e. The van der Waals surface area contributed by atoms with Crippen molar-refractivity contribution in [1.82, 2.24) is 15.5 Å². The van der Waals surface area contributed by atoms with E-state index in [0.29, 0.717) is 11.5 Å². The maximum absolute atomic E-state index is 11.8. The Balaban J connectivity index is 1.88. The third kappa shape index (κ3) is 6.30. The number of carbonyl (C=O) groups excluding carboxylic acids is 1. The van der Waals surface area contributed by atoms with E-state index in [1.165, 1.54) is 44.9 Å². The second-order valence-corrected chi connectivity index (χ2v) is 7.53. The molecule has 0 atom stereocenters. The van der Waals surface area contributed by atoms with Crippen LogP contribution in [0.5, 0.6) is 0 Å². The van der Waals surface area contributed by atoms with Gasteiger partial charge in [-0.2, -0.15) is 0 Å². The maximum Gasteiger partial charge on any atom is 0.243 e. The summed E-state index contributed by atoms with van der Waals surface area (Å²) in [5.41, 5.74) is 0.358. The third-order valence-corrected chi connectivity index (χ3v) is 5.24. The Bertz CT molecular complexity index is 427. The van der Waals surface area contributed by atoms with E-state index in [-0.39, 0.29) is 12.5 Å². The summed E-state index contributed by atoms with van der Waals surface area (Å²) in [6.45, 7) is 1.91. The largest absolute Gasteiger partial charge is 0.385 e. The van der Waals surface area contributed by atoms with Crippen LogP contribution in [0, 0.1) is 5.41 Å². The molecule has 6 heteroatoms. The van der Waals surface area contributed by atoms with Gasteiger partial charge in [0.1, 0.15) is 6.54 Å². The van der Waals surface area contributed by atoms with E-state index in [1.807, 2.05) is 0 Å². The standard InChI is InChI=1S/C18H34N4O2/c1-22(2)16(23)13-19-17(21-15-7-5-4-6-8-15)20-14-18(9-10-18)11-12-24-3/h15H,4-14H2,1-3H3,(H2,19,20,21). The molecule has 138 valence electrons. The van der Waals surface area contributed by atoms with E-state index >= 15 is 0 Å². The smallest absolute Gasteiger partial charge is 0.243 e. The second kappa shape index (κ2) is 9.25. The number of hydrogen-bond acceptors (Lipinski definition) is 3. The number of ether oxygens (including phenoxy) is 1. The number of likely N-dealkylation sites (N-methyl/N-ethyl adjacent to an activating group) is 1. The molecule has 0 heterocycles. The van der Waals surface area contributed by atoms with Gasteiger partial charge in [0, 0.05) is 40.4 Å². The molecule has 1 amide bonds. The van der Waals surface area contributed by atoms with Gasteiger partial charge in [-0.1, -0.05) is 19.3 Å². The fourth-order valence-electron chi connectivity index (χ4n) is 3.16. The molecular formula is C18H34N4O2. The predicted octanol–water partition coefficient (Wildman–Crippen LogP) is 1.76. The molecule has 2 saturated carbocycles. The Kier molecular flexibility index (Phi) is 7.34. The van der Waals surface area contributed by atoms with Gasteiger partial charge in [0.25, 0.3) is 0 Å². The fraction of sp³-hybridized carbons (Fsp3) is 0.889. The first kappa shape index (κ1) is 19.0. The predicted molar refractivity (Wildman–Crippen MR) is 97.2 cm³/mol. The number of hydrogen-bond donors (Lipinski definition) is 2. The Morgan fingerprint density at radius 2 is 1.96 bits per heavy atom. The summed E-state index contributed by atoms with van der Waals surface area (Å²) in [6.07, 6.45) is 9.85. The van der Waals surface area contributed by atoms with E-state index in [2.05, 4.69) is 15.6 Å². The Morgan fingerprint density at radius 1 is 1.25 bits per heavy atom. The molecule has 0 unspecified atom stereocenters. The van der Waals surface area contributed by atoms with Gasteiger partial charge in [0.2, 0.25) is 5.91 Å². The van der Waals surface area contributed by atoms with E-state index < -0.39 is 0 Å². The maximum atomic E-state index is 11.8. The van der Waals surface area contributed by atoms with Crippen molar-refractivity contribution in [2.75, 3.05) is 40.9 Å². The highest BCUT2D eigenvalue weighted by molar-refractivity contribution is 5.85. The lowest BCUT2D eigenvalue weighted by molar-refractivity contribution is -0.127.